The summed E-state index contributed by atoms with van der Waals surface area (Å²) in [7, 11) is -4.15. The fourth-order valence-electron chi connectivity index (χ4n) is 1.13. The summed E-state index contributed by atoms with van der Waals surface area (Å²) in [6.45, 7) is 1.76. The largest absolute Gasteiger partial charge is 0.503 e. The molecule has 0 saturated carbocycles. The Balaban J connectivity index is 2.95. The standard InChI is InChI=1S/C11H11NO6S/c1-7-2-4-8(5-3-7)19(17,18)12-11(16)9(13)6-10(14)15/h2-6,13H,1H3,(H,12,16)(H,14,15)/b9-6-. The molecule has 1 aromatic carbocycles. The Morgan fingerprint density at radius 2 is 1.68 bits per heavy atom. The molecule has 0 fully saturated rings. The lowest BCUT2D eigenvalue weighted by Gasteiger charge is -2.06. The summed E-state index contributed by atoms with van der Waals surface area (Å²) < 4.78 is 25.0. The number of aliphatic hydroxyl groups is 1. The molecule has 0 unspecified atom stereocenters. The van der Waals surface area contributed by atoms with E-state index in [1.807, 2.05) is 0 Å². The van der Waals surface area contributed by atoms with Crippen molar-refractivity contribution in [1.29, 1.82) is 0 Å². The summed E-state index contributed by atoms with van der Waals surface area (Å²) in [6, 6.07) is 5.63. The van der Waals surface area contributed by atoms with Gasteiger partial charge in [0.05, 0.1) is 11.0 Å². The van der Waals surface area contributed by atoms with Crippen molar-refractivity contribution in [3.63, 3.8) is 0 Å². The zero-order valence-corrected chi connectivity index (χ0v) is 10.6. The predicted octanol–water partition coefficient (Wildman–Crippen LogP) is 0.326. The molecule has 1 amide bonds. The normalized spacial score (nSPS) is 11.9. The molecule has 0 aliphatic rings. The highest BCUT2D eigenvalue weighted by molar-refractivity contribution is 7.90. The molecule has 7 nitrogen and oxygen atoms in total. The first kappa shape index (κ1) is 14.7. The number of aryl methyl sites for hydroxylation is 1. The lowest BCUT2D eigenvalue weighted by atomic mass is 10.2. The number of aliphatic carboxylic acids is 1. The van der Waals surface area contributed by atoms with Crippen LogP contribution in [0.25, 0.3) is 0 Å². The van der Waals surface area contributed by atoms with Crippen molar-refractivity contribution in [2.24, 2.45) is 0 Å². The van der Waals surface area contributed by atoms with Crippen LogP contribution in [0.5, 0.6) is 0 Å². The van der Waals surface area contributed by atoms with Crippen LogP contribution in [-0.2, 0) is 19.6 Å². The fourth-order valence-corrected chi connectivity index (χ4v) is 2.09. The number of carbonyl (C=O) groups is 2. The van der Waals surface area contributed by atoms with E-state index in [1.54, 1.807) is 11.6 Å². The van der Waals surface area contributed by atoms with Gasteiger partial charge in [-0.1, -0.05) is 17.7 Å². The zero-order valence-electron chi connectivity index (χ0n) is 9.82. The lowest BCUT2D eigenvalue weighted by molar-refractivity contribution is -0.132. The number of aliphatic hydroxyl groups excluding tert-OH is 1. The second-order valence-electron chi connectivity index (χ2n) is 3.62. The van der Waals surface area contributed by atoms with Gasteiger partial charge in [0.15, 0.2) is 5.76 Å². The minimum atomic E-state index is -4.15. The molecule has 0 spiro atoms. The Hall–Kier alpha value is -2.35. The van der Waals surface area contributed by atoms with Gasteiger partial charge in [-0.2, -0.15) is 0 Å². The molecular formula is C11H11NO6S. The van der Waals surface area contributed by atoms with Crippen LogP contribution in [0.3, 0.4) is 0 Å². The van der Waals surface area contributed by atoms with Crippen LogP contribution < -0.4 is 4.72 Å². The van der Waals surface area contributed by atoms with Crippen molar-refractivity contribution >= 4 is 21.9 Å². The average molecular weight is 285 g/mol. The molecule has 0 atom stereocenters. The number of nitrogens with one attached hydrogen (secondary N) is 1. The Bertz CT molecular complexity index is 630. The van der Waals surface area contributed by atoms with Gasteiger partial charge in [0.25, 0.3) is 15.9 Å². The molecule has 0 aliphatic heterocycles. The molecule has 0 heterocycles. The summed E-state index contributed by atoms with van der Waals surface area (Å²) in [5.74, 6) is -4.19. The van der Waals surface area contributed by atoms with E-state index < -0.39 is 27.7 Å². The molecule has 0 bridgehead atoms. The average Bonchev–Trinajstić information content (AvgIpc) is 2.27. The highest BCUT2D eigenvalue weighted by Gasteiger charge is 2.20. The highest BCUT2D eigenvalue weighted by Crippen LogP contribution is 2.10. The third-order valence-corrected chi connectivity index (χ3v) is 3.40. The molecule has 1 rings (SSSR count). The van der Waals surface area contributed by atoms with Crippen molar-refractivity contribution < 1.29 is 28.2 Å². The zero-order chi connectivity index (χ0) is 14.6. The summed E-state index contributed by atoms with van der Waals surface area (Å²) in [6.07, 6.45) is 0.194. The fraction of sp³-hybridized carbons (Fsp3) is 0.0909. The minimum absolute atomic E-state index is 0.172. The van der Waals surface area contributed by atoms with Crippen molar-refractivity contribution in [3.05, 3.63) is 41.7 Å². The number of carboxylic acids is 1. The molecule has 19 heavy (non-hydrogen) atoms. The van der Waals surface area contributed by atoms with Crippen molar-refractivity contribution in [2.45, 2.75) is 11.8 Å². The van der Waals surface area contributed by atoms with Gasteiger partial charge in [0, 0.05) is 0 Å². The summed E-state index contributed by atoms with van der Waals surface area (Å²) in [4.78, 5) is 21.3. The van der Waals surface area contributed by atoms with E-state index >= 15 is 0 Å². The van der Waals surface area contributed by atoms with Crippen LogP contribution in [-0.4, -0.2) is 30.5 Å². The van der Waals surface area contributed by atoms with E-state index in [-0.39, 0.29) is 11.0 Å². The Kier molecular flexibility index (Phi) is 4.28. The minimum Gasteiger partial charge on any atom is -0.503 e. The summed E-state index contributed by atoms with van der Waals surface area (Å²) in [5.41, 5.74) is 0.832. The third-order valence-electron chi connectivity index (χ3n) is 2.05. The Labute approximate surface area is 109 Å². The van der Waals surface area contributed by atoms with Gasteiger partial charge in [-0.15, -0.1) is 0 Å². The molecule has 8 heteroatoms. The number of rotatable bonds is 4. The van der Waals surface area contributed by atoms with E-state index in [2.05, 4.69) is 0 Å². The molecule has 0 aromatic heterocycles. The van der Waals surface area contributed by atoms with Gasteiger partial charge in [-0.25, -0.2) is 17.9 Å². The molecule has 0 saturated heterocycles. The Morgan fingerprint density at radius 1 is 1.16 bits per heavy atom. The van der Waals surface area contributed by atoms with Crippen LogP contribution in [0, 0.1) is 6.92 Å². The number of hydrogen-bond acceptors (Lipinski definition) is 5. The van der Waals surface area contributed by atoms with E-state index in [1.165, 1.54) is 24.3 Å². The second kappa shape index (κ2) is 5.53. The topological polar surface area (TPSA) is 121 Å². The van der Waals surface area contributed by atoms with Crippen molar-refractivity contribution in [1.82, 2.24) is 4.72 Å². The summed E-state index contributed by atoms with van der Waals surface area (Å²) in [5, 5.41) is 17.4. The van der Waals surface area contributed by atoms with Crippen LogP contribution >= 0.6 is 0 Å². The van der Waals surface area contributed by atoms with Crippen LogP contribution in [0.1, 0.15) is 5.56 Å². The van der Waals surface area contributed by atoms with E-state index in [0.717, 1.165) is 5.56 Å². The molecule has 0 radical (unpaired) electrons. The monoisotopic (exact) mass is 285 g/mol. The van der Waals surface area contributed by atoms with Gasteiger partial charge in [0.1, 0.15) is 0 Å². The van der Waals surface area contributed by atoms with Crippen molar-refractivity contribution in [3.8, 4) is 0 Å². The second-order valence-corrected chi connectivity index (χ2v) is 5.30. The maximum atomic E-state index is 11.7. The SMILES string of the molecule is Cc1ccc(S(=O)(=O)NC(=O)/C(O)=C/C(=O)O)cc1. The van der Waals surface area contributed by atoms with E-state index in [0.29, 0.717) is 0 Å². The molecule has 102 valence electrons. The first-order chi connectivity index (χ1) is 8.72. The van der Waals surface area contributed by atoms with Crippen molar-refractivity contribution in [2.75, 3.05) is 0 Å². The third kappa shape index (κ3) is 4.11. The number of hydrogen-bond donors (Lipinski definition) is 3. The van der Waals surface area contributed by atoms with Gasteiger partial charge in [-0.05, 0) is 19.1 Å². The summed E-state index contributed by atoms with van der Waals surface area (Å²) >= 11 is 0. The van der Waals surface area contributed by atoms with Gasteiger partial charge in [0.2, 0.25) is 0 Å². The first-order valence-corrected chi connectivity index (χ1v) is 6.48. The molecular weight excluding hydrogens is 274 g/mol. The van der Waals surface area contributed by atoms with Gasteiger partial charge < -0.3 is 10.2 Å². The van der Waals surface area contributed by atoms with E-state index in [9.17, 15) is 18.0 Å². The van der Waals surface area contributed by atoms with Gasteiger partial charge >= 0.3 is 5.97 Å². The maximum Gasteiger partial charge on any atom is 0.332 e. The number of amides is 1. The van der Waals surface area contributed by atoms with E-state index in [4.69, 9.17) is 10.2 Å². The number of carboxylic acid groups (broad SMARTS) is 1. The first-order valence-electron chi connectivity index (χ1n) is 5.00. The lowest BCUT2D eigenvalue weighted by Crippen LogP contribution is -2.32. The number of benzene rings is 1. The van der Waals surface area contributed by atoms with Crippen LogP contribution in [0.15, 0.2) is 41.0 Å². The molecule has 1 aromatic rings. The molecule has 0 aliphatic carbocycles. The molecule has 3 N–H and O–H groups in total. The highest BCUT2D eigenvalue weighted by atomic mass is 32.2. The number of sulfonamides is 1. The van der Waals surface area contributed by atoms with Crippen LogP contribution in [0.2, 0.25) is 0 Å². The Morgan fingerprint density at radius 3 is 2.16 bits per heavy atom. The number of carbonyl (C=O) groups excluding carboxylic acids is 1. The predicted molar refractivity (Wildman–Crippen MR) is 64.9 cm³/mol. The quantitative estimate of drug-likeness (QED) is 0.541. The van der Waals surface area contributed by atoms with Gasteiger partial charge in [-0.3, -0.25) is 4.79 Å². The smallest absolute Gasteiger partial charge is 0.332 e. The van der Waals surface area contributed by atoms with Crippen LogP contribution in [0.4, 0.5) is 0 Å². The maximum absolute atomic E-state index is 11.7.